The van der Waals surface area contributed by atoms with Crippen LogP contribution >= 0.6 is 0 Å². The number of benzene rings is 1. The van der Waals surface area contributed by atoms with Crippen LogP contribution in [0.15, 0.2) is 55.4 Å². The third kappa shape index (κ3) is 4.05. The van der Waals surface area contributed by atoms with Crippen LogP contribution in [0.4, 0.5) is 0 Å². The van der Waals surface area contributed by atoms with Crippen molar-refractivity contribution in [2.45, 2.75) is 19.4 Å². The summed E-state index contributed by atoms with van der Waals surface area (Å²) in [5.41, 5.74) is 1.97. The van der Waals surface area contributed by atoms with Crippen LogP contribution in [0.3, 0.4) is 0 Å². The summed E-state index contributed by atoms with van der Waals surface area (Å²) in [5, 5.41) is 2.96. The Hall–Kier alpha value is -3.22. The van der Waals surface area contributed by atoms with Gasteiger partial charge in [0.15, 0.2) is 0 Å². The van der Waals surface area contributed by atoms with Gasteiger partial charge in [0.2, 0.25) is 5.88 Å². The first kappa shape index (κ1) is 17.6. The van der Waals surface area contributed by atoms with Gasteiger partial charge in [-0.2, -0.15) is 0 Å². The maximum atomic E-state index is 12.5. The standard InChI is InChI=1S/C19H21N5O2/c1-14(24-11-10-20-13-24)6-7-22-18(25)16-5-3-4-15(12-16)17-19(26-2)23-9-8-21-17/h3-5,8-14H,6-7H2,1-2H3,(H,22,25)/t14-/m1/s1. The fourth-order valence-electron chi connectivity index (χ4n) is 2.66. The Morgan fingerprint density at radius 1 is 1.27 bits per heavy atom. The first-order valence-corrected chi connectivity index (χ1v) is 8.40. The smallest absolute Gasteiger partial charge is 0.251 e. The molecule has 0 unspecified atom stereocenters. The molecule has 0 saturated heterocycles. The fraction of sp³-hybridized carbons (Fsp3) is 0.263. The second-order valence-electron chi connectivity index (χ2n) is 5.90. The van der Waals surface area contributed by atoms with Crippen LogP contribution in [0.25, 0.3) is 11.3 Å². The molecule has 7 heteroatoms. The molecule has 134 valence electrons. The zero-order valence-electron chi connectivity index (χ0n) is 14.8. The molecule has 0 aliphatic rings. The normalized spacial score (nSPS) is 11.8. The number of nitrogens with one attached hydrogen (secondary N) is 1. The topological polar surface area (TPSA) is 81.9 Å². The van der Waals surface area contributed by atoms with Gasteiger partial charge in [0.05, 0.1) is 13.4 Å². The predicted octanol–water partition coefficient (Wildman–Crippen LogP) is 2.73. The molecule has 1 N–H and O–H groups in total. The Morgan fingerprint density at radius 2 is 2.12 bits per heavy atom. The van der Waals surface area contributed by atoms with Crippen molar-refractivity contribution < 1.29 is 9.53 Å². The van der Waals surface area contributed by atoms with E-state index in [2.05, 4.69) is 27.2 Å². The van der Waals surface area contributed by atoms with E-state index >= 15 is 0 Å². The summed E-state index contributed by atoms with van der Waals surface area (Å²) in [6, 6.07) is 7.55. The highest BCUT2D eigenvalue weighted by Gasteiger charge is 2.12. The van der Waals surface area contributed by atoms with Gasteiger partial charge < -0.3 is 14.6 Å². The average molecular weight is 351 g/mol. The van der Waals surface area contributed by atoms with Gasteiger partial charge in [0.25, 0.3) is 5.91 Å². The molecule has 0 bridgehead atoms. The summed E-state index contributed by atoms with van der Waals surface area (Å²) >= 11 is 0. The van der Waals surface area contributed by atoms with Crippen molar-refractivity contribution in [3.8, 4) is 17.1 Å². The number of methoxy groups -OCH3 is 1. The molecule has 0 radical (unpaired) electrons. The summed E-state index contributed by atoms with van der Waals surface area (Å²) < 4.78 is 7.27. The summed E-state index contributed by atoms with van der Waals surface area (Å²) in [7, 11) is 1.55. The molecular formula is C19H21N5O2. The van der Waals surface area contributed by atoms with Crippen LogP contribution in [0.5, 0.6) is 5.88 Å². The molecule has 1 amide bonds. The Kier molecular flexibility index (Phi) is 5.58. The van der Waals surface area contributed by atoms with Crippen LogP contribution in [-0.2, 0) is 0 Å². The van der Waals surface area contributed by atoms with E-state index in [1.165, 1.54) is 0 Å². The number of imidazole rings is 1. The Morgan fingerprint density at radius 3 is 2.88 bits per heavy atom. The van der Waals surface area contributed by atoms with Crippen molar-refractivity contribution in [3.63, 3.8) is 0 Å². The third-order valence-corrected chi connectivity index (χ3v) is 4.14. The maximum absolute atomic E-state index is 12.5. The minimum atomic E-state index is -0.118. The number of hydrogen-bond donors (Lipinski definition) is 1. The van der Waals surface area contributed by atoms with Crippen LogP contribution in [-0.4, -0.2) is 39.1 Å². The van der Waals surface area contributed by atoms with E-state index in [0.717, 1.165) is 12.0 Å². The quantitative estimate of drug-likeness (QED) is 0.708. The first-order valence-electron chi connectivity index (χ1n) is 8.40. The number of aromatic nitrogens is 4. The van der Waals surface area contributed by atoms with E-state index in [4.69, 9.17) is 4.74 Å². The number of amides is 1. The van der Waals surface area contributed by atoms with E-state index in [-0.39, 0.29) is 11.9 Å². The lowest BCUT2D eigenvalue weighted by atomic mass is 10.1. The van der Waals surface area contributed by atoms with Gasteiger partial charge in [-0.25, -0.2) is 15.0 Å². The number of carbonyl (C=O) groups is 1. The molecule has 0 aliphatic heterocycles. The van der Waals surface area contributed by atoms with E-state index in [9.17, 15) is 4.79 Å². The van der Waals surface area contributed by atoms with Crippen molar-refractivity contribution in [2.24, 2.45) is 0 Å². The highest BCUT2D eigenvalue weighted by atomic mass is 16.5. The summed E-state index contributed by atoms with van der Waals surface area (Å²) in [6.45, 7) is 2.67. The SMILES string of the molecule is COc1nccnc1-c1cccc(C(=O)NCC[C@@H](C)n2ccnc2)c1. The molecule has 0 fully saturated rings. The molecule has 7 nitrogen and oxygen atoms in total. The molecule has 0 spiro atoms. The van der Waals surface area contributed by atoms with Gasteiger partial charge in [0.1, 0.15) is 5.69 Å². The molecule has 3 aromatic rings. The number of hydrogen-bond acceptors (Lipinski definition) is 5. The molecule has 1 aromatic carbocycles. The highest BCUT2D eigenvalue weighted by molar-refractivity contribution is 5.95. The van der Waals surface area contributed by atoms with Gasteiger partial charge in [-0.05, 0) is 25.5 Å². The van der Waals surface area contributed by atoms with Gasteiger partial charge >= 0.3 is 0 Å². The lowest BCUT2D eigenvalue weighted by Crippen LogP contribution is -2.26. The molecule has 2 aromatic heterocycles. The van der Waals surface area contributed by atoms with Crippen molar-refractivity contribution in [2.75, 3.05) is 13.7 Å². The zero-order chi connectivity index (χ0) is 18.4. The Balaban J connectivity index is 1.65. The van der Waals surface area contributed by atoms with Crippen molar-refractivity contribution >= 4 is 5.91 Å². The van der Waals surface area contributed by atoms with E-state index in [1.54, 1.807) is 44.2 Å². The Bertz CT molecular complexity index is 864. The number of nitrogens with zero attached hydrogens (tertiary/aromatic N) is 4. The number of ether oxygens (including phenoxy) is 1. The summed E-state index contributed by atoms with van der Waals surface area (Å²) in [5.74, 6) is 0.312. The molecule has 3 rings (SSSR count). The minimum Gasteiger partial charge on any atom is -0.479 e. The van der Waals surface area contributed by atoms with Crippen molar-refractivity contribution in [1.82, 2.24) is 24.8 Å². The van der Waals surface area contributed by atoms with Gasteiger partial charge in [-0.3, -0.25) is 4.79 Å². The fourth-order valence-corrected chi connectivity index (χ4v) is 2.66. The molecule has 0 aliphatic carbocycles. The molecule has 26 heavy (non-hydrogen) atoms. The molecule has 0 saturated carbocycles. The highest BCUT2D eigenvalue weighted by Crippen LogP contribution is 2.25. The monoisotopic (exact) mass is 351 g/mol. The van der Waals surface area contributed by atoms with Gasteiger partial charge in [-0.1, -0.05) is 12.1 Å². The molecule has 1 atom stereocenters. The third-order valence-electron chi connectivity index (χ3n) is 4.14. The van der Waals surface area contributed by atoms with E-state index in [0.29, 0.717) is 23.7 Å². The second kappa shape index (κ2) is 8.24. The predicted molar refractivity (Wildman–Crippen MR) is 97.9 cm³/mol. The maximum Gasteiger partial charge on any atom is 0.251 e. The van der Waals surface area contributed by atoms with Gasteiger partial charge in [-0.15, -0.1) is 0 Å². The lowest BCUT2D eigenvalue weighted by Gasteiger charge is -2.13. The van der Waals surface area contributed by atoms with Crippen LogP contribution in [0.1, 0.15) is 29.7 Å². The zero-order valence-corrected chi connectivity index (χ0v) is 14.8. The van der Waals surface area contributed by atoms with E-state index in [1.807, 2.05) is 22.9 Å². The van der Waals surface area contributed by atoms with E-state index < -0.39 is 0 Å². The minimum absolute atomic E-state index is 0.118. The molecule has 2 heterocycles. The number of carbonyl (C=O) groups excluding carboxylic acids is 1. The summed E-state index contributed by atoms with van der Waals surface area (Å²) in [6.07, 6.45) is 9.44. The largest absolute Gasteiger partial charge is 0.479 e. The summed E-state index contributed by atoms with van der Waals surface area (Å²) in [4.78, 5) is 24.9. The van der Waals surface area contributed by atoms with Crippen LogP contribution in [0.2, 0.25) is 0 Å². The Labute approximate surface area is 152 Å². The lowest BCUT2D eigenvalue weighted by molar-refractivity contribution is 0.0952. The average Bonchev–Trinajstić information content (AvgIpc) is 3.23. The van der Waals surface area contributed by atoms with Crippen LogP contribution in [0, 0.1) is 0 Å². The van der Waals surface area contributed by atoms with Gasteiger partial charge in [0, 0.05) is 48.5 Å². The van der Waals surface area contributed by atoms with Crippen LogP contribution < -0.4 is 10.1 Å². The first-order chi connectivity index (χ1) is 12.7. The van der Waals surface area contributed by atoms with Crippen molar-refractivity contribution in [3.05, 3.63) is 60.9 Å². The molecular weight excluding hydrogens is 330 g/mol. The number of rotatable bonds is 7. The second-order valence-corrected chi connectivity index (χ2v) is 5.90. The van der Waals surface area contributed by atoms with Crippen molar-refractivity contribution in [1.29, 1.82) is 0 Å².